The summed E-state index contributed by atoms with van der Waals surface area (Å²) < 4.78 is 5.49. The number of hydrogen-bond donors (Lipinski definition) is 1. The highest BCUT2D eigenvalue weighted by molar-refractivity contribution is 8.01. The number of carbonyl (C=O) groups excluding carboxylic acids is 2. The van der Waals surface area contributed by atoms with Gasteiger partial charge in [-0.3, -0.25) is 14.9 Å². The van der Waals surface area contributed by atoms with Crippen LogP contribution >= 0.6 is 34.7 Å². The first kappa shape index (κ1) is 19.1. The molecule has 0 saturated heterocycles. The molecule has 0 spiro atoms. The van der Waals surface area contributed by atoms with Crippen molar-refractivity contribution in [1.29, 1.82) is 0 Å². The molecule has 1 fully saturated rings. The molecule has 26 heavy (non-hydrogen) atoms. The molecule has 0 bridgehead atoms. The molecule has 0 unspecified atom stereocenters. The molecule has 9 heteroatoms. The Morgan fingerprint density at radius 3 is 2.65 bits per heavy atom. The summed E-state index contributed by atoms with van der Waals surface area (Å²) in [5.41, 5.74) is 0.432. The van der Waals surface area contributed by atoms with Gasteiger partial charge in [0.1, 0.15) is 0 Å². The highest BCUT2D eigenvalue weighted by atomic mass is 35.5. The standard InChI is InChI=1S/C17H18ClN3O3S2/c1-2-24-13(22)10-25-16-21-20-15(26-16)19-14(23)17(8-3-9-17)11-4-6-12(18)7-5-11/h4-7H,2-3,8-10H2,1H3,(H,19,20,23). The SMILES string of the molecule is CCOC(=O)CSc1nnc(NC(=O)C2(c3ccc(Cl)cc3)CCC2)s1. The van der Waals surface area contributed by atoms with E-state index in [1.54, 1.807) is 19.1 Å². The molecule has 1 aliphatic rings. The third-order valence-corrected chi connectivity index (χ3v) is 6.48. The fourth-order valence-electron chi connectivity index (χ4n) is 2.80. The summed E-state index contributed by atoms with van der Waals surface area (Å²) in [5, 5.41) is 12.0. The minimum atomic E-state index is -0.533. The first-order valence-corrected chi connectivity index (χ1v) is 10.4. The lowest BCUT2D eigenvalue weighted by Gasteiger charge is -2.40. The van der Waals surface area contributed by atoms with E-state index in [9.17, 15) is 9.59 Å². The molecule has 138 valence electrons. The Kier molecular flexibility index (Phi) is 6.16. The summed E-state index contributed by atoms with van der Waals surface area (Å²) in [7, 11) is 0. The predicted molar refractivity (Wildman–Crippen MR) is 103 cm³/mol. The van der Waals surface area contributed by atoms with Crippen LogP contribution in [0.2, 0.25) is 5.02 Å². The second-order valence-electron chi connectivity index (χ2n) is 5.86. The lowest BCUT2D eigenvalue weighted by molar-refractivity contribution is -0.139. The second-order valence-corrected chi connectivity index (χ2v) is 8.50. The number of nitrogens with zero attached hydrogens (tertiary/aromatic N) is 2. The van der Waals surface area contributed by atoms with Crippen molar-refractivity contribution in [2.24, 2.45) is 0 Å². The summed E-state index contributed by atoms with van der Waals surface area (Å²) in [5.74, 6) is -0.205. The zero-order valence-electron chi connectivity index (χ0n) is 14.2. The van der Waals surface area contributed by atoms with Gasteiger partial charge in [0.05, 0.1) is 17.8 Å². The summed E-state index contributed by atoms with van der Waals surface area (Å²) in [4.78, 5) is 24.3. The molecule has 1 saturated carbocycles. The topological polar surface area (TPSA) is 81.2 Å². The van der Waals surface area contributed by atoms with Crippen LogP contribution in [-0.4, -0.2) is 34.4 Å². The van der Waals surface area contributed by atoms with Gasteiger partial charge in [-0.15, -0.1) is 10.2 Å². The monoisotopic (exact) mass is 411 g/mol. The lowest BCUT2D eigenvalue weighted by Crippen LogP contribution is -2.45. The van der Waals surface area contributed by atoms with E-state index in [0.29, 0.717) is 21.1 Å². The van der Waals surface area contributed by atoms with E-state index in [2.05, 4.69) is 15.5 Å². The van der Waals surface area contributed by atoms with Crippen LogP contribution in [0, 0.1) is 0 Å². The normalized spacial score (nSPS) is 15.2. The number of nitrogens with one attached hydrogen (secondary N) is 1. The van der Waals surface area contributed by atoms with E-state index in [1.807, 2.05) is 12.1 Å². The van der Waals surface area contributed by atoms with Crippen LogP contribution in [0.4, 0.5) is 5.13 Å². The van der Waals surface area contributed by atoms with Gasteiger partial charge < -0.3 is 4.74 Å². The van der Waals surface area contributed by atoms with E-state index in [0.717, 1.165) is 24.8 Å². The maximum atomic E-state index is 12.9. The molecule has 1 aliphatic carbocycles. The summed E-state index contributed by atoms with van der Waals surface area (Å²) in [6, 6.07) is 7.42. The van der Waals surface area contributed by atoms with Crippen molar-refractivity contribution in [2.75, 3.05) is 17.7 Å². The molecule has 2 aromatic rings. The fraction of sp³-hybridized carbons (Fsp3) is 0.412. The van der Waals surface area contributed by atoms with Crippen molar-refractivity contribution in [3.05, 3.63) is 34.9 Å². The number of hydrogen-bond acceptors (Lipinski definition) is 7. The van der Waals surface area contributed by atoms with Gasteiger partial charge in [-0.25, -0.2) is 0 Å². The van der Waals surface area contributed by atoms with Gasteiger partial charge in [0.2, 0.25) is 11.0 Å². The molecule has 1 heterocycles. The average molecular weight is 412 g/mol. The molecule has 3 rings (SSSR count). The highest BCUT2D eigenvalue weighted by Crippen LogP contribution is 2.45. The molecule has 1 amide bonds. The van der Waals surface area contributed by atoms with E-state index >= 15 is 0 Å². The smallest absolute Gasteiger partial charge is 0.316 e. The number of aromatic nitrogens is 2. The van der Waals surface area contributed by atoms with Crippen LogP contribution in [0.5, 0.6) is 0 Å². The molecule has 1 N–H and O–H groups in total. The highest BCUT2D eigenvalue weighted by Gasteiger charge is 2.45. The molecule has 0 atom stereocenters. The molecule has 1 aromatic heterocycles. The lowest BCUT2D eigenvalue weighted by atomic mass is 9.64. The maximum Gasteiger partial charge on any atom is 0.316 e. The minimum absolute atomic E-state index is 0.0795. The van der Waals surface area contributed by atoms with E-state index in [4.69, 9.17) is 16.3 Å². The Morgan fingerprint density at radius 2 is 2.04 bits per heavy atom. The molecule has 6 nitrogen and oxygen atoms in total. The van der Waals surface area contributed by atoms with Crippen molar-refractivity contribution >= 4 is 51.7 Å². The van der Waals surface area contributed by atoms with E-state index in [-0.39, 0.29) is 17.6 Å². The molecular formula is C17H18ClN3O3S2. The summed E-state index contributed by atoms with van der Waals surface area (Å²) in [6.45, 7) is 2.11. The van der Waals surface area contributed by atoms with Gasteiger partial charge in [-0.05, 0) is 37.5 Å². The van der Waals surface area contributed by atoms with Gasteiger partial charge in [0.25, 0.3) is 0 Å². The number of anilines is 1. The van der Waals surface area contributed by atoms with Gasteiger partial charge in [-0.1, -0.05) is 53.3 Å². The first-order valence-electron chi connectivity index (χ1n) is 8.23. The van der Waals surface area contributed by atoms with E-state index < -0.39 is 5.41 Å². The number of esters is 1. The van der Waals surface area contributed by atoms with Crippen molar-refractivity contribution in [2.45, 2.75) is 35.9 Å². The molecular weight excluding hydrogens is 394 g/mol. The van der Waals surface area contributed by atoms with Gasteiger partial charge >= 0.3 is 5.97 Å². The quantitative estimate of drug-likeness (QED) is 0.422. The van der Waals surface area contributed by atoms with Crippen LogP contribution in [0.15, 0.2) is 28.6 Å². The number of benzene rings is 1. The third kappa shape index (κ3) is 4.19. The Morgan fingerprint density at radius 1 is 1.31 bits per heavy atom. The predicted octanol–water partition coefficient (Wildman–Crippen LogP) is 3.91. The Balaban J connectivity index is 1.64. The van der Waals surface area contributed by atoms with Crippen LogP contribution in [0.3, 0.4) is 0 Å². The van der Waals surface area contributed by atoms with Crippen molar-refractivity contribution in [3.63, 3.8) is 0 Å². The summed E-state index contributed by atoms with van der Waals surface area (Å²) >= 11 is 8.45. The number of ether oxygens (including phenoxy) is 1. The second kappa shape index (κ2) is 8.37. The van der Waals surface area contributed by atoms with Crippen molar-refractivity contribution < 1.29 is 14.3 Å². The largest absolute Gasteiger partial charge is 0.465 e. The van der Waals surface area contributed by atoms with Crippen LogP contribution in [0.1, 0.15) is 31.7 Å². The molecule has 1 aromatic carbocycles. The Bertz CT molecular complexity index is 791. The Hall–Kier alpha value is -1.64. The molecule has 0 radical (unpaired) electrons. The maximum absolute atomic E-state index is 12.9. The van der Waals surface area contributed by atoms with Crippen LogP contribution in [-0.2, 0) is 19.7 Å². The van der Waals surface area contributed by atoms with Gasteiger partial charge in [-0.2, -0.15) is 0 Å². The Labute approximate surface area is 164 Å². The number of amides is 1. The fourth-order valence-corrected chi connectivity index (χ4v) is 4.48. The van der Waals surface area contributed by atoms with Crippen molar-refractivity contribution in [3.8, 4) is 0 Å². The first-order chi connectivity index (χ1) is 12.5. The van der Waals surface area contributed by atoms with Gasteiger partial charge in [0, 0.05) is 5.02 Å². The number of halogens is 1. The van der Waals surface area contributed by atoms with Crippen LogP contribution in [0.25, 0.3) is 0 Å². The van der Waals surface area contributed by atoms with E-state index in [1.165, 1.54) is 23.1 Å². The summed E-state index contributed by atoms with van der Waals surface area (Å²) in [6.07, 6.45) is 2.60. The van der Waals surface area contributed by atoms with Crippen molar-refractivity contribution in [1.82, 2.24) is 10.2 Å². The van der Waals surface area contributed by atoms with Gasteiger partial charge in [0.15, 0.2) is 4.34 Å². The number of carbonyl (C=O) groups is 2. The van der Waals surface area contributed by atoms with Crippen LogP contribution < -0.4 is 5.32 Å². The third-order valence-electron chi connectivity index (χ3n) is 4.28. The number of rotatable bonds is 7. The minimum Gasteiger partial charge on any atom is -0.465 e. The molecule has 0 aliphatic heterocycles. The number of thioether (sulfide) groups is 1. The average Bonchev–Trinajstić information content (AvgIpc) is 3.01. The zero-order valence-corrected chi connectivity index (χ0v) is 16.5. The zero-order chi connectivity index (χ0) is 18.6.